The van der Waals surface area contributed by atoms with Crippen LogP contribution < -0.4 is 10.2 Å². The molecule has 1 N–H and O–H groups in total. The van der Waals surface area contributed by atoms with E-state index in [-0.39, 0.29) is 11.8 Å². The SMILES string of the molecule is Cc1cccc2nnc(N3CCC[C@@H](C(=O)NC4CCCC4)C3)n12. The van der Waals surface area contributed by atoms with Crippen LogP contribution in [0.2, 0.25) is 0 Å². The second-order valence-electron chi connectivity index (χ2n) is 7.14. The summed E-state index contributed by atoms with van der Waals surface area (Å²) in [6.45, 7) is 3.73. The molecule has 0 aromatic carbocycles. The molecule has 1 saturated carbocycles. The molecular formula is C18H25N5O. The minimum Gasteiger partial charge on any atom is -0.353 e. The number of carbonyl (C=O) groups excluding carboxylic acids is 1. The van der Waals surface area contributed by atoms with Crippen molar-refractivity contribution in [2.24, 2.45) is 5.92 Å². The highest BCUT2D eigenvalue weighted by atomic mass is 16.2. The van der Waals surface area contributed by atoms with Crippen molar-refractivity contribution >= 4 is 17.5 Å². The Balaban J connectivity index is 1.50. The van der Waals surface area contributed by atoms with Crippen LogP contribution in [-0.2, 0) is 4.79 Å². The topological polar surface area (TPSA) is 62.5 Å². The molecule has 3 heterocycles. The molecule has 2 aliphatic rings. The molecule has 2 fully saturated rings. The molecule has 0 bridgehead atoms. The highest BCUT2D eigenvalue weighted by molar-refractivity contribution is 5.79. The third kappa shape index (κ3) is 2.85. The number of hydrogen-bond acceptors (Lipinski definition) is 4. The fraction of sp³-hybridized carbons (Fsp3) is 0.611. The molecule has 6 nitrogen and oxygen atoms in total. The number of aryl methyl sites for hydroxylation is 1. The summed E-state index contributed by atoms with van der Waals surface area (Å²) in [7, 11) is 0. The van der Waals surface area contributed by atoms with E-state index in [1.807, 2.05) is 12.1 Å². The van der Waals surface area contributed by atoms with Gasteiger partial charge in [0.1, 0.15) is 0 Å². The first-order valence-electron chi connectivity index (χ1n) is 9.08. The van der Waals surface area contributed by atoms with Gasteiger partial charge < -0.3 is 10.2 Å². The Morgan fingerprint density at radius 3 is 2.83 bits per heavy atom. The molecule has 2 aromatic heterocycles. The van der Waals surface area contributed by atoms with Gasteiger partial charge in [0.25, 0.3) is 0 Å². The minimum absolute atomic E-state index is 0.0516. The summed E-state index contributed by atoms with van der Waals surface area (Å²) < 4.78 is 2.08. The molecule has 0 spiro atoms. The van der Waals surface area contributed by atoms with Crippen molar-refractivity contribution in [2.45, 2.75) is 51.5 Å². The average Bonchev–Trinajstić information content (AvgIpc) is 3.25. The van der Waals surface area contributed by atoms with Crippen LogP contribution in [0.3, 0.4) is 0 Å². The summed E-state index contributed by atoms with van der Waals surface area (Å²) in [5.41, 5.74) is 1.98. The molecule has 1 saturated heterocycles. The molecule has 6 heteroatoms. The second kappa shape index (κ2) is 6.42. The zero-order valence-electron chi connectivity index (χ0n) is 14.2. The lowest BCUT2D eigenvalue weighted by Gasteiger charge is -2.32. The fourth-order valence-electron chi connectivity index (χ4n) is 4.05. The molecule has 1 aliphatic carbocycles. The highest BCUT2D eigenvalue weighted by Gasteiger charge is 2.30. The molecule has 1 amide bonds. The average molecular weight is 327 g/mol. The van der Waals surface area contributed by atoms with Crippen LogP contribution in [0.25, 0.3) is 5.65 Å². The van der Waals surface area contributed by atoms with E-state index in [0.717, 1.165) is 56.1 Å². The summed E-state index contributed by atoms with van der Waals surface area (Å²) in [6, 6.07) is 6.42. The number of nitrogens with zero attached hydrogens (tertiary/aromatic N) is 4. The van der Waals surface area contributed by atoms with Crippen LogP contribution in [0.5, 0.6) is 0 Å². The van der Waals surface area contributed by atoms with Gasteiger partial charge in [-0.2, -0.15) is 0 Å². The van der Waals surface area contributed by atoms with Gasteiger partial charge in [0.05, 0.1) is 5.92 Å². The summed E-state index contributed by atoms with van der Waals surface area (Å²) in [5.74, 6) is 1.13. The van der Waals surface area contributed by atoms with E-state index in [2.05, 4.69) is 37.8 Å². The van der Waals surface area contributed by atoms with Crippen LogP contribution in [-0.4, -0.2) is 39.6 Å². The first-order chi connectivity index (χ1) is 11.7. The lowest BCUT2D eigenvalue weighted by atomic mass is 9.97. The number of fused-ring (bicyclic) bond motifs is 1. The van der Waals surface area contributed by atoms with E-state index < -0.39 is 0 Å². The number of pyridine rings is 1. The predicted molar refractivity (Wildman–Crippen MR) is 93.1 cm³/mol. The van der Waals surface area contributed by atoms with Crippen molar-refractivity contribution in [3.8, 4) is 0 Å². The first-order valence-corrected chi connectivity index (χ1v) is 9.08. The number of amides is 1. The number of nitrogens with one attached hydrogen (secondary N) is 1. The number of aromatic nitrogens is 3. The smallest absolute Gasteiger partial charge is 0.231 e. The Labute approximate surface area is 142 Å². The number of rotatable bonds is 3. The standard InChI is InChI=1S/C18H25N5O/c1-13-6-4-10-16-20-21-18(23(13)16)22-11-5-7-14(12-22)17(24)19-15-8-2-3-9-15/h4,6,10,14-15H,2-3,5,7-9,11-12H2,1H3,(H,19,24)/t14-/m1/s1. The maximum Gasteiger partial charge on any atom is 0.231 e. The number of piperidine rings is 1. The van der Waals surface area contributed by atoms with Gasteiger partial charge in [-0.15, -0.1) is 10.2 Å². The Morgan fingerprint density at radius 2 is 2.00 bits per heavy atom. The van der Waals surface area contributed by atoms with Crippen molar-refractivity contribution < 1.29 is 4.79 Å². The highest BCUT2D eigenvalue weighted by Crippen LogP contribution is 2.25. The van der Waals surface area contributed by atoms with Gasteiger partial charge in [0.15, 0.2) is 5.65 Å². The van der Waals surface area contributed by atoms with Gasteiger partial charge in [0, 0.05) is 24.8 Å². The third-order valence-corrected chi connectivity index (χ3v) is 5.38. The second-order valence-corrected chi connectivity index (χ2v) is 7.14. The molecular weight excluding hydrogens is 302 g/mol. The zero-order valence-corrected chi connectivity index (χ0v) is 14.2. The molecule has 2 aromatic rings. The van der Waals surface area contributed by atoms with Gasteiger partial charge in [-0.05, 0) is 44.7 Å². The largest absolute Gasteiger partial charge is 0.353 e. The minimum atomic E-state index is 0.0516. The number of carbonyl (C=O) groups is 1. The van der Waals surface area contributed by atoms with Crippen LogP contribution in [0, 0.1) is 12.8 Å². The monoisotopic (exact) mass is 327 g/mol. The molecule has 4 rings (SSSR count). The van der Waals surface area contributed by atoms with Crippen LogP contribution >= 0.6 is 0 Å². The van der Waals surface area contributed by atoms with Crippen molar-refractivity contribution in [2.75, 3.05) is 18.0 Å². The predicted octanol–water partition coefficient (Wildman–Crippen LogP) is 2.31. The first kappa shape index (κ1) is 15.4. The lowest BCUT2D eigenvalue weighted by molar-refractivity contribution is -0.125. The Bertz CT molecular complexity index is 734. The van der Waals surface area contributed by atoms with E-state index in [0.29, 0.717) is 6.04 Å². The number of hydrogen-bond donors (Lipinski definition) is 1. The van der Waals surface area contributed by atoms with Gasteiger partial charge >= 0.3 is 0 Å². The van der Waals surface area contributed by atoms with Crippen LogP contribution in [0.1, 0.15) is 44.2 Å². The maximum absolute atomic E-state index is 12.6. The lowest BCUT2D eigenvalue weighted by Crippen LogP contribution is -2.46. The van der Waals surface area contributed by atoms with Crippen LogP contribution in [0.4, 0.5) is 5.95 Å². The molecule has 24 heavy (non-hydrogen) atoms. The number of anilines is 1. The summed E-state index contributed by atoms with van der Waals surface area (Å²) >= 11 is 0. The zero-order chi connectivity index (χ0) is 16.5. The van der Waals surface area contributed by atoms with E-state index in [1.54, 1.807) is 0 Å². The molecule has 1 atom stereocenters. The summed E-state index contributed by atoms with van der Waals surface area (Å²) in [5, 5.41) is 11.9. The van der Waals surface area contributed by atoms with Crippen LogP contribution in [0.15, 0.2) is 18.2 Å². The van der Waals surface area contributed by atoms with E-state index in [4.69, 9.17) is 0 Å². The Hall–Kier alpha value is -2.11. The van der Waals surface area contributed by atoms with Crippen molar-refractivity contribution in [1.29, 1.82) is 0 Å². The fourth-order valence-corrected chi connectivity index (χ4v) is 4.05. The molecule has 128 valence electrons. The van der Waals surface area contributed by atoms with E-state index in [1.165, 1.54) is 12.8 Å². The summed E-state index contributed by atoms with van der Waals surface area (Å²) in [6.07, 6.45) is 6.74. The van der Waals surface area contributed by atoms with Crippen molar-refractivity contribution in [1.82, 2.24) is 19.9 Å². The summed E-state index contributed by atoms with van der Waals surface area (Å²) in [4.78, 5) is 14.8. The van der Waals surface area contributed by atoms with Gasteiger partial charge in [0.2, 0.25) is 11.9 Å². The normalized spacial score (nSPS) is 22.2. The van der Waals surface area contributed by atoms with Gasteiger partial charge in [-0.25, -0.2) is 0 Å². The van der Waals surface area contributed by atoms with Crippen molar-refractivity contribution in [3.63, 3.8) is 0 Å². The molecule has 0 radical (unpaired) electrons. The van der Waals surface area contributed by atoms with E-state index in [9.17, 15) is 4.79 Å². The van der Waals surface area contributed by atoms with Gasteiger partial charge in [-0.3, -0.25) is 9.20 Å². The van der Waals surface area contributed by atoms with E-state index >= 15 is 0 Å². The Morgan fingerprint density at radius 1 is 1.17 bits per heavy atom. The Kier molecular flexibility index (Phi) is 4.12. The molecule has 1 aliphatic heterocycles. The molecule has 0 unspecified atom stereocenters. The van der Waals surface area contributed by atoms with Crippen molar-refractivity contribution in [3.05, 3.63) is 23.9 Å². The third-order valence-electron chi connectivity index (χ3n) is 5.38. The quantitative estimate of drug-likeness (QED) is 0.940. The van der Waals surface area contributed by atoms with Gasteiger partial charge in [-0.1, -0.05) is 18.9 Å². The maximum atomic E-state index is 12.6.